The normalized spacial score (nSPS) is 11.3. The third-order valence-electron chi connectivity index (χ3n) is 3.26. The van der Waals surface area contributed by atoms with Crippen molar-refractivity contribution < 1.29 is 24.1 Å². The number of nitrogens with zero attached hydrogens (tertiary/aromatic N) is 1. The zero-order valence-electron chi connectivity index (χ0n) is 14.7. The molecule has 1 aromatic carbocycles. The SMILES string of the molecule is CN(CCOCCOCCOCCOCCO)Cc1ccccc1. The van der Waals surface area contributed by atoms with Crippen LogP contribution in [0.5, 0.6) is 0 Å². The smallest absolute Gasteiger partial charge is 0.0701 e. The van der Waals surface area contributed by atoms with E-state index < -0.39 is 0 Å². The predicted octanol–water partition coefficient (Wildman–Crippen LogP) is 1.18. The van der Waals surface area contributed by atoms with E-state index in [-0.39, 0.29) is 6.61 Å². The third kappa shape index (κ3) is 12.4. The maximum atomic E-state index is 8.52. The largest absolute Gasteiger partial charge is 0.394 e. The Morgan fingerprint density at radius 1 is 0.750 bits per heavy atom. The van der Waals surface area contributed by atoms with Crippen LogP contribution in [0, 0.1) is 0 Å². The van der Waals surface area contributed by atoms with E-state index in [0.717, 1.165) is 13.1 Å². The molecule has 0 aliphatic carbocycles. The molecule has 0 radical (unpaired) electrons. The van der Waals surface area contributed by atoms with Gasteiger partial charge in [-0.2, -0.15) is 0 Å². The summed E-state index contributed by atoms with van der Waals surface area (Å²) in [5, 5.41) is 8.52. The molecule has 0 spiro atoms. The molecule has 0 amide bonds. The Bertz CT molecular complexity index is 377. The zero-order valence-corrected chi connectivity index (χ0v) is 14.7. The minimum absolute atomic E-state index is 0.0468. The Hall–Kier alpha value is -1.02. The molecule has 0 aliphatic rings. The molecule has 0 atom stereocenters. The first-order chi connectivity index (χ1) is 11.8. The van der Waals surface area contributed by atoms with Crippen LogP contribution in [0.1, 0.15) is 5.56 Å². The summed E-state index contributed by atoms with van der Waals surface area (Å²) >= 11 is 0. The second-order valence-electron chi connectivity index (χ2n) is 5.40. The lowest BCUT2D eigenvalue weighted by atomic mass is 10.2. The number of benzene rings is 1. The Morgan fingerprint density at radius 3 is 1.79 bits per heavy atom. The molecule has 24 heavy (non-hydrogen) atoms. The van der Waals surface area contributed by atoms with E-state index in [1.54, 1.807) is 0 Å². The molecule has 0 heterocycles. The molecule has 0 aliphatic heterocycles. The van der Waals surface area contributed by atoms with Crippen LogP contribution >= 0.6 is 0 Å². The van der Waals surface area contributed by atoms with Gasteiger partial charge in [0.2, 0.25) is 0 Å². The van der Waals surface area contributed by atoms with Crippen molar-refractivity contribution in [3.8, 4) is 0 Å². The molecular weight excluding hydrogens is 310 g/mol. The molecule has 138 valence electrons. The van der Waals surface area contributed by atoms with E-state index in [0.29, 0.717) is 52.9 Å². The predicted molar refractivity (Wildman–Crippen MR) is 93.1 cm³/mol. The molecule has 0 aromatic heterocycles. The number of ether oxygens (including phenoxy) is 4. The number of hydrogen-bond donors (Lipinski definition) is 1. The first kappa shape index (κ1) is 21.0. The summed E-state index contributed by atoms with van der Waals surface area (Å²) in [6.45, 7) is 6.22. The van der Waals surface area contributed by atoms with Gasteiger partial charge in [0, 0.05) is 13.1 Å². The van der Waals surface area contributed by atoms with E-state index in [1.807, 2.05) is 6.07 Å². The topological polar surface area (TPSA) is 60.4 Å². The average Bonchev–Trinajstić information content (AvgIpc) is 2.60. The quantitative estimate of drug-likeness (QED) is 0.456. The summed E-state index contributed by atoms with van der Waals surface area (Å²) in [4.78, 5) is 2.24. The molecule has 0 saturated carbocycles. The molecule has 1 aromatic rings. The fourth-order valence-electron chi connectivity index (χ4n) is 2.02. The van der Waals surface area contributed by atoms with Crippen molar-refractivity contribution in [1.82, 2.24) is 4.90 Å². The summed E-state index contributed by atoms with van der Waals surface area (Å²) in [6.07, 6.45) is 0. The van der Waals surface area contributed by atoms with Gasteiger partial charge in [0.05, 0.1) is 59.5 Å². The fraction of sp³-hybridized carbons (Fsp3) is 0.667. The van der Waals surface area contributed by atoms with E-state index >= 15 is 0 Å². The van der Waals surface area contributed by atoms with Crippen molar-refractivity contribution in [3.63, 3.8) is 0 Å². The first-order valence-corrected chi connectivity index (χ1v) is 8.47. The van der Waals surface area contributed by atoms with Crippen LogP contribution in [0.15, 0.2) is 30.3 Å². The molecule has 6 heteroatoms. The number of aliphatic hydroxyl groups is 1. The molecule has 0 bridgehead atoms. The van der Waals surface area contributed by atoms with Gasteiger partial charge in [-0.15, -0.1) is 0 Å². The van der Waals surface area contributed by atoms with Crippen molar-refractivity contribution in [2.75, 3.05) is 73.1 Å². The zero-order chi connectivity index (χ0) is 17.3. The summed E-state index contributed by atoms with van der Waals surface area (Å²) in [5.74, 6) is 0. The molecule has 0 fully saturated rings. The summed E-state index contributed by atoms with van der Waals surface area (Å²) in [6, 6.07) is 10.4. The lowest BCUT2D eigenvalue weighted by Gasteiger charge is -2.16. The van der Waals surface area contributed by atoms with E-state index in [2.05, 4.69) is 36.2 Å². The van der Waals surface area contributed by atoms with Gasteiger partial charge in [-0.1, -0.05) is 30.3 Å². The van der Waals surface area contributed by atoms with E-state index in [9.17, 15) is 0 Å². The van der Waals surface area contributed by atoms with Crippen molar-refractivity contribution >= 4 is 0 Å². The number of rotatable bonds is 16. The van der Waals surface area contributed by atoms with Crippen LogP contribution in [-0.2, 0) is 25.5 Å². The number of likely N-dealkylation sites (N-methyl/N-ethyl adjacent to an activating group) is 1. The Kier molecular flexibility index (Phi) is 13.6. The van der Waals surface area contributed by atoms with Crippen molar-refractivity contribution in [3.05, 3.63) is 35.9 Å². The molecular formula is C18H31NO5. The second kappa shape index (κ2) is 15.5. The average molecular weight is 341 g/mol. The molecule has 0 unspecified atom stereocenters. The standard InChI is InChI=1S/C18H31NO5/c1-19(17-18-5-3-2-4-6-18)7-9-21-11-13-23-15-16-24-14-12-22-10-8-20/h2-6,20H,7-17H2,1H3. The molecule has 1 N–H and O–H groups in total. The van der Waals surface area contributed by atoms with Crippen molar-refractivity contribution in [2.45, 2.75) is 6.54 Å². The fourth-order valence-corrected chi connectivity index (χ4v) is 2.02. The molecule has 6 nitrogen and oxygen atoms in total. The highest BCUT2D eigenvalue weighted by Crippen LogP contribution is 2.01. The summed E-state index contributed by atoms with van der Waals surface area (Å²) < 4.78 is 21.4. The van der Waals surface area contributed by atoms with Crippen LogP contribution in [-0.4, -0.2) is 83.1 Å². The van der Waals surface area contributed by atoms with Crippen LogP contribution < -0.4 is 0 Å². The maximum absolute atomic E-state index is 8.52. The number of aliphatic hydroxyl groups excluding tert-OH is 1. The van der Waals surface area contributed by atoms with Crippen molar-refractivity contribution in [1.29, 1.82) is 0 Å². The highest BCUT2D eigenvalue weighted by molar-refractivity contribution is 5.14. The van der Waals surface area contributed by atoms with Crippen molar-refractivity contribution in [2.24, 2.45) is 0 Å². The van der Waals surface area contributed by atoms with Crippen LogP contribution in [0.4, 0.5) is 0 Å². The van der Waals surface area contributed by atoms with Crippen LogP contribution in [0.25, 0.3) is 0 Å². The van der Waals surface area contributed by atoms with Gasteiger partial charge < -0.3 is 24.1 Å². The third-order valence-corrected chi connectivity index (χ3v) is 3.26. The lowest BCUT2D eigenvalue weighted by Crippen LogP contribution is -2.23. The van der Waals surface area contributed by atoms with Gasteiger partial charge in [0.15, 0.2) is 0 Å². The van der Waals surface area contributed by atoms with Gasteiger partial charge in [-0.25, -0.2) is 0 Å². The Balaban J connectivity index is 1.80. The number of hydrogen-bond acceptors (Lipinski definition) is 6. The summed E-state index contributed by atoms with van der Waals surface area (Å²) in [7, 11) is 2.09. The Morgan fingerprint density at radius 2 is 1.25 bits per heavy atom. The Labute approximate surface area is 145 Å². The monoisotopic (exact) mass is 341 g/mol. The molecule has 1 rings (SSSR count). The van der Waals surface area contributed by atoms with Crippen LogP contribution in [0.3, 0.4) is 0 Å². The van der Waals surface area contributed by atoms with Gasteiger partial charge >= 0.3 is 0 Å². The minimum Gasteiger partial charge on any atom is -0.394 e. The highest BCUT2D eigenvalue weighted by Gasteiger charge is 1.99. The first-order valence-electron chi connectivity index (χ1n) is 8.47. The van der Waals surface area contributed by atoms with E-state index in [1.165, 1.54) is 5.56 Å². The van der Waals surface area contributed by atoms with Gasteiger partial charge in [0.1, 0.15) is 0 Å². The minimum atomic E-state index is 0.0468. The van der Waals surface area contributed by atoms with Gasteiger partial charge in [-0.3, -0.25) is 4.90 Å². The lowest BCUT2D eigenvalue weighted by molar-refractivity contribution is -0.00687. The van der Waals surface area contributed by atoms with Gasteiger partial charge in [-0.05, 0) is 12.6 Å². The van der Waals surface area contributed by atoms with Crippen LogP contribution in [0.2, 0.25) is 0 Å². The van der Waals surface area contributed by atoms with E-state index in [4.69, 9.17) is 24.1 Å². The van der Waals surface area contributed by atoms with Gasteiger partial charge in [0.25, 0.3) is 0 Å². The summed E-state index contributed by atoms with van der Waals surface area (Å²) in [5.41, 5.74) is 1.31. The molecule has 0 saturated heterocycles. The second-order valence-corrected chi connectivity index (χ2v) is 5.40. The maximum Gasteiger partial charge on any atom is 0.0701 e. The highest BCUT2D eigenvalue weighted by atomic mass is 16.6.